The van der Waals surface area contributed by atoms with Crippen LogP contribution in [0.3, 0.4) is 0 Å². The molecule has 3 heterocycles. The van der Waals surface area contributed by atoms with E-state index in [-0.39, 0.29) is 0 Å². The molecule has 7 rings (SSSR count). The molecule has 0 atom stereocenters. The number of rotatable bonds is 0. The van der Waals surface area contributed by atoms with Crippen molar-refractivity contribution in [3.8, 4) is 11.3 Å². The lowest BCUT2D eigenvalue weighted by atomic mass is 9.95. The normalized spacial score (nSPS) is 14.3. The first kappa shape index (κ1) is 19.0. The van der Waals surface area contributed by atoms with Crippen molar-refractivity contribution in [2.75, 3.05) is 0 Å². The molecule has 0 saturated carbocycles. The van der Waals surface area contributed by atoms with Crippen LogP contribution in [0, 0.1) is 13.8 Å². The lowest BCUT2D eigenvalue weighted by Gasteiger charge is -2.33. The molecule has 0 unspecified atom stereocenters. The summed E-state index contributed by atoms with van der Waals surface area (Å²) in [6.45, 7) is 9.28. The molecule has 1 aliphatic rings. The highest BCUT2D eigenvalue weighted by Gasteiger charge is 2.38. The van der Waals surface area contributed by atoms with Gasteiger partial charge in [0.15, 0.2) is 0 Å². The summed E-state index contributed by atoms with van der Waals surface area (Å²) < 4.78 is 0. The minimum atomic E-state index is -2.08. The monoisotopic (exact) mass is 440 g/mol. The van der Waals surface area contributed by atoms with Crippen LogP contribution in [0.2, 0.25) is 13.1 Å². The molecule has 0 amide bonds. The van der Waals surface area contributed by atoms with Gasteiger partial charge in [0.05, 0.1) is 11.2 Å². The summed E-state index contributed by atoms with van der Waals surface area (Å²) in [7, 11) is -2.08. The second kappa shape index (κ2) is 6.27. The van der Waals surface area contributed by atoms with Crippen molar-refractivity contribution in [1.82, 2.24) is 9.97 Å². The molecule has 0 saturated heterocycles. The van der Waals surface area contributed by atoms with Crippen LogP contribution in [0.25, 0.3) is 54.5 Å². The Bertz CT molecular complexity index is 1810. The van der Waals surface area contributed by atoms with Gasteiger partial charge in [0.2, 0.25) is 0 Å². The molecule has 0 radical (unpaired) electrons. The Morgan fingerprint density at radius 2 is 1.55 bits per heavy atom. The molecule has 0 bridgehead atoms. The maximum Gasteiger partial charge on any atom is 0.137 e. The van der Waals surface area contributed by atoms with Gasteiger partial charge in [-0.25, -0.2) is 0 Å². The third-order valence-corrected chi connectivity index (χ3v) is 11.1. The van der Waals surface area contributed by atoms with Crippen molar-refractivity contribution in [2.24, 2.45) is 0 Å². The van der Waals surface area contributed by atoms with Gasteiger partial charge in [0.1, 0.15) is 8.07 Å². The zero-order valence-corrected chi connectivity index (χ0v) is 20.3. The van der Waals surface area contributed by atoms with E-state index in [9.17, 15) is 0 Å². The Kier molecular flexibility index (Phi) is 3.60. The van der Waals surface area contributed by atoms with Crippen molar-refractivity contribution in [1.29, 1.82) is 0 Å². The van der Waals surface area contributed by atoms with Gasteiger partial charge in [-0.05, 0) is 69.2 Å². The van der Waals surface area contributed by atoms with Gasteiger partial charge >= 0.3 is 0 Å². The fourth-order valence-corrected chi connectivity index (χ4v) is 8.72. The lowest BCUT2D eigenvalue weighted by Crippen LogP contribution is -2.57. The molecule has 158 valence electrons. The van der Waals surface area contributed by atoms with Crippen molar-refractivity contribution < 1.29 is 0 Å². The minimum absolute atomic E-state index is 1.09. The smallest absolute Gasteiger partial charge is 0.137 e. The fraction of sp³-hybridized carbons (Fsp3) is 0.133. The zero-order valence-electron chi connectivity index (χ0n) is 19.3. The Labute approximate surface area is 193 Å². The van der Waals surface area contributed by atoms with Crippen molar-refractivity contribution in [2.45, 2.75) is 26.9 Å². The number of aromatic nitrogens is 2. The van der Waals surface area contributed by atoms with Crippen LogP contribution in [0.5, 0.6) is 0 Å². The van der Waals surface area contributed by atoms with E-state index >= 15 is 0 Å². The molecular formula is C30H24N2Si. The third kappa shape index (κ3) is 2.38. The van der Waals surface area contributed by atoms with Crippen molar-refractivity contribution in [3.05, 3.63) is 84.1 Å². The highest BCUT2D eigenvalue weighted by Crippen LogP contribution is 2.38. The Hall–Kier alpha value is -3.56. The molecule has 0 spiro atoms. The Morgan fingerprint density at radius 3 is 2.42 bits per heavy atom. The van der Waals surface area contributed by atoms with Crippen LogP contribution in [-0.2, 0) is 0 Å². The van der Waals surface area contributed by atoms with E-state index in [0.29, 0.717) is 0 Å². The summed E-state index contributed by atoms with van der Waals surface area (Å²) in [5, 5.41) is 11.8. The predicted molar refractivity (Wildman–Crippen MR) is 144 cm³/mol. The largest absolute Gasteiger partial charge is 0.256 e. The van der Waals surface area contributed by atoms with Gasteiger partial charge in [0, 0.05) is 27.8 Å². The van der Waals surface area contributed by atoms with Crippen molar-refractivity contribution >= 4 is 61.8 Å². The molecule has 2 nitrogen and oxygen atoms in total. The van der Waals surface area contributed by atoms with Crippen LogP contribution >= 0.6 is 0 Å². The topological polar surface area (TPSA) is 25.8 Å². The van der Waals surface area contributed by atoms with E-state index in [4.69, 9.17) is 9.97 Å². The molecule has 6 aromatic rings. The summed E-state index contributed by atoms with van der Waals surface area (Å²) in [5.41, 5.74) is 6.02. The quantitative estimate of drug-likeness (QED) is 0.199. The molecule has 0 fully saturated rings. The van der Waals surface area contributed by atoms with Crippen LogP contribution in [0.4, 0.5) is 0 Å². The van der Waals surface area contributed by atoms with Gasteiger partial charge in [-0.1, -0.05) is 67.7 Å². The minimum Gasteiger partial charge on any atom is -0.256 e. The van der Waals surface area contributed by atoms with Gasteiger partial charge in [0.25, 0.3) is 0 Å². The number of aryl methyl sites for hydroxylation is 2. The lowest BCUT2D eigenvalue weighted by molar-refractivity contribution is 1.31. The van der Waals surface area contributed by atoms with E-state index in [1.54, 1.807) is 0 Å². The highest BCUT2D eigenvalue weighted by atomic mass is 28.3. The number of benzene rings is 4. The van der Waals surface area contributed by atoms with Crippen LogP contribution in [0.1, 0.15) is 11.1 Å². The third-order valence-electron chi connectivity index (χ3n) is 7.80. The summed E-state index contributed by atoms with van der Waals surface area (Å²) in [6.07, 6.45) is 1.98. The highest BCUT2D eigenvalue weighted by molar-refractivity contribution is 7.03. The average Bonchev–Trinajstić information content (AvgIpc) is 2.84. The van der Waals surface area contributed by atoms with E-state index in [2.05, 4.69) is 93.7 Å². The Balaban J connectivity index is 1.70. The molecule has 0 N–H and O–H groups in total. The summed E-state index contributed by atoms with van der Waals surface area (Å²) in [4.78, 5) is 10.3. The molecule has 0 aliphatic carbocycles. The summed E-state index contributed by atoms with van der Waals surface area (Å²) in [6, 6.07) is 24.7. The maximum atomic E-state index is 5.38. The molecule has 33 heavy (non-hydrogen) atoms. The van der Waals surface area contributed by atoms with Crippen LogP contribution in [0.15, 0.2) is 72.9 Å². The van der Waals surface area contributed by atoms with Crippen molar-refractivity contribution in [3.63, 3.8) is 0 Å². The van der Waals surface area contributed by atoms with E-state index in [1.807, 2.05) is 6.20 Å². The maximum absolute atomic E-state index is 5.38. The standard InChI is InChI=1S/C30H24N2Si/c1-17-9-10-20-15-25-29-27-23(13-14-31-29)22-12-11-19-7-5-6-8-21(19)24(22)16-26(27)33(3,4)30(25)32-28(20)18(17)2/h5-16H,1-4H3. The fourth-order valence-electron chi connectivity index (χ4n) is 5.83. The van der Waals surface area contributed by atoms with Gasteiger partial charge in [-0.3, -0.25) is 9.97 Å². The number of nitrogens with zero attached hydrogens (tertiary/aromatic N) is 2. The molecule has 3 heteroatoms. The van der Waals surface area contributed by atoms with Gasteiger partial charge < -0.3 is 0 Å². The van der Waals surface area contributed by atoms with E-state index in [1.165, 1.54) is 64.9 Å². The average molecular weight is 441 g/mol. The predicted octanol–water partition coefficient (Wildman–Crippen LogP) is 6.51. The molecule has 4 aromatic carbocycles. The summed E-state index contributed by atoms with van der Waals surface area (Å²) in [5.74, 6) is 0. The number of hydrogen-bond acceptors (Lipinski definition) is 2. The second-order valence-corrected chi connectivity index (χ2v) is 14.2. The summed E-state index contributed by atoms with van der Waals surface area (Å²) >= 11 is 0. The first-order valence-electron chi connectivity index (χ1n) is 11.6. The number of fused-ring (bicyclic) bond motifs is 7. The first-order valence-corrected chi connectivity index (χ1v) is 14.6. The SMILES string of the molecule is Cc1ccc2cc3c(nc2c1C)[Si](C)(C)c1cc2c4ccccc4ccc2c2ccnc-3c12. The Morgan fingerprint density at radius 1 is 0.727 bits per heavy atom. The van der Waals surface area contributed by atoms with Gasteiger partial charge in [-0.15, -0.1) is 0 Å². The van der Waals surface area contributed by atoms with E-state index < -0.39 is 8.07 Å². The number of hydrogen-bond donors (Lipinski definition) is 0. The van der Waals surface area contributed by atoms with Crippen LogP contribution < -0.4 is 10.5 Å². The zero-order chi connectivity index (χ0) is 22.5. The molecule has 1 aliphatic heterocycles. The van der Waals surface area contributed by atoms with E-state index in [0.717, 1.165) is 11.2 Å². The van der Waals surface area contributed by atoms with Crippen LogP contribution in [-0.4, -0.2) is 18.0 Å². The first-order chi connectivity index (χ1) is 15.9. The molecule has 2 aromatic heterocycles. The second-order valence-electron chi connectivity index (χ2n) is 9.98. The van der Waals surface area contributed by atoms with Gasteiger partial charge in [-0.2, -0.15) is 0 Å². The number of pyridine rings is 2. The molecular weight excluding hydrogens is 416 g/mol.